The van der Waals surface area contributed by atoms with E-state index in [-0.39, 0.29) is 0 Å². The molecule has 1 aromatic rings. The molecular formula is C6H7Br2N. The van der Waals surface area contributed by atoms with E-state index in [4.69, 9.17) is 0 Å². The van der Waals surface area contributed by atoms with Crippen molar-refractivity contribution in [1.29, 1.82) is 0 Å². The first-order valence-electron chi connectivity index (χ1n) is 2.60. The van der Waals surface area contributed by atoms with Crippen LogP contribution in [0.5, 0.6) is 0 Å². The van der Waals surface area contributed by atoms with E-state index < -0.39 is 0 Å². The van der Waals surface area contributed by atoms with Crippen LogP contribution in [0.1, 0.15) is 5.56 Å². The Balaban J connectivity index is 3.29. The van der Waals surface area contributed by atoms with Crippen LogP contribution in [-0.4, -0.2) is 4.57 Å². The van der Waals surface area contributed by atoms with E-state index >= 15 is 0 Å². The molecule has 0 aliphatic rings. The summed E-state index contributed by atoms with van der Waals surface area (Å²) in [6, 6.07) is 2.07. The number of nitrogens with zero attached hydrogens (tertiary/aromatic N) is 1. The van der Waals surface area contributed by atoms with Gasteiger partial charge in [-0.3, -0.25) is 0 Å². The third kappa shape index (κ3) is 1.22. The molecule has 50 valence electrons. The van der Waals surface area contributed by atoms with Gasteiger partial charge in [-0.25, -0.2) is 0 Å². The smallest absolute Gasteiger partial charge is 0.0882 e. The molecule has 0 saturated carbocycles. The van der Waals surface area contributed by atoms with Gasteiger partial charge >= 0.3 is 0 Å². The number of aryl methyl sites for hydroxylation is 1. The Morgan fingerprint density at radius 2 is 2.00 bits per heavy atom. The summed E-state index contributed by atoms with van der Waals surface area (Å²) in [6.07, 6.45) is 0. The molecule has 0 aromatic carbocycles. The van der Waals surface area contributed by atoms with Crippen molar-refractivity contribution in [2.75, 3.05) is 0 Å². The summed E-state index contributed by atoms with van der Waals surface area (Å²) in [4.78, 5) is 0. The van der Waals surface area contributed by atoms with Crippen LogP contribution in [0.2, 0.25) is 0 Å². The van der Waals surface area contributed by atoms with E-state index in [0.29, 0.717) is 0 Å². The topological polar surface area (TPSA) is 4.93 Å². The van der Waals surface area contributed by atoms with Gasteiger partial charge in [-0.05, 0) is 50.4 Å². The van der Waals surface area contributed by atoms with Crippen LogP contribution in [0.3, 0.4) is 0 Å². The zero-order chi connectivity index (χ0) is 7.02. The van der Waals surface area contributed by atoms with Crippen LogP contribution in [-0.2, 0) is 7.05 Å². The normalized spacial score (nSPS) is 10.2. The highest BCUT2D eigenvalue weighted by Gasteiger charge is 2.01. The Hall–Kier alpha value is 0.240. The van der Waals surface area contributed by atoms with Crippen molar-refractivity contribution in [1.82, 2.24) is 4.57 Å². The average Bonchev–Trinajstić information content (AvgIpc) is 1.98. The van der Waals surface area contributed by atoms with Gasteiger partial charge in [0.05, 0.1) is 9.21 Å². The van der Waals surface area contributed by atoms with Crippen LogP contribution < -0.4 is 0 Å². The van der Waals surface area contributed by atoms with Crippen LogP contribution in [0.15, 0.2) is 15.3 Å². The molecule has 1 aromatic heterocycles. The van der Waals surface area contributed by atoms with Gasteiger partial charge in [-0.2, -0.15) is 0 Å². The second kappa shape index (κ2) is 2.46. The average molecular weight is 253 g/mol. The molecule has 0 atom stereocenters. The first-order valence-corrected chi connectivity index (χ1v) is 4.19. The monoisotopic (exact) mass is 251 g/mol. The van der Waals surface area contributed by atoms with Crippen molar-refractivity contribution in [3.8, 4) is 0 Å². The quantitative estimate of drug-likeness (QED) is 0.669. The van der Waals surface area contributed by atoms with E-state index in [1.165, 1.54) is 5.56 Å². The molecule has 0 unspecified atom stereocenters. The van der Waals surface area contributed by atoms with E-state index in [1.807, 2.05) is 11.6 Å². The van der Waals surface area contributed by atoms with Crippen molar-refractivity contribution >= 4 is 31.9 Å². The number of hydrogen-bond donors (Lipinski definition) is 0. The van der Waals surface area contributed by atoms with Crippen LogP contribution >= 0.6 is 31.9 Å². The van der Waals surface area contributed by atoms with Gasteiger partial charge < -0.3 is 4.57 Å². The highest BCUT2D eigenvalue weighted by atomic mass is 79.9. The summed E-state index contributed by atoms with van der Waals surface area (Å²) in [5, 5.41) is 0. The molecule has 9 heavy (non-hydrogen) atoms. The lowest BCUT2D eigenvalue weighted by Crippen LogP contribution is -1.85. The molecule has 0 fully saturated rings. The van der Waals surface area contributed by atoms with Gasteiger partial charge in [0.2, 0.25) is 0 Å². The largest absolute Gasteiger partial charge is 0.333 e. The lowest BCUT2D eigenvalue weighted by Gasteiger charge is -1.94. The van der Waals surface area contributed by atoms with E-state index in [1.54, 1.807) is 0 Å². The predicted octanol–water partition coefficient (Wildman–Crippen LogP) is 2.86. The summed E-state index contributed by atoms with van der Waals surface area (Å²) in [6.45, 7) is 2.06. The summed E-state index contributed by atoms with van der Waals surface area (Å²) in [7, 11) is 2.00. The third-order valence-corrected chi connectivity index (χ3v) is 3.19. The highest BCUT2D eigenvalue weighted by molar-refractivity contribution is 9.11. The minimum atomic E-state index is 1.10. The minimum Gasteiger partial charge on any atom is -0.333 e. The summed E-state index contributed by atoms with van der Waals surface area (Å²) in [5.41, 5.74) is 1.25. The molecule has 0 spiro atoms. The molecule has 1 rings (SSSR count). The lowest BCUT2D eigenvalue weighted by atomic mass is 10.4. The third-order valence-electron chi connectivity index (χ3n) is 1.28. The Labute approximate surface area is 71.3 Å². The summed E-state index contributed by atoms with van der Waals surface area (Å²) < 4.78 is 4.27. The number of hydrogen-bond acceptors (Lipinski definition) is 0. The predicted molar refractivity (Wildman–Crippen MR) is 45.6 cm³/mol. The molecule has 0 N–H and O–H groups in total. The highest BCUT2D eigenvalue weighted by Crippen LogP contribution is 2.23. The molecule has 0 saturated heterocycles. The van der Waals surface area contributed by atoms with E-state index in [0.717, 1.165) is 9.21 Å². The fourth-order valence-corrected chi connectivity index (χ4v) is 1.76. The molecule has 0 aliphatic heterocycles. The van der Waals surface area contributed by atoms with Gasteiger partial charge in [-0.15, -0.1) is 0 Å². The standard InChI is InChI=1S/C6H7Br2N/c1-4-3-5(7)9(2)6(4)8/h3H,1-2H3. The molecule has 1 heterocycles. The second-order valence-electron chi connectivity index (χ2n) is 2.00. The molecule has 0 amide bonds. The van der Waals surface area contributed by atoms with Gasteiger partial charge in [0.1, 0.15) is 0 Å². The number of halogens is 2. The maximum atomic E-state index is 3.43. The maximum Gasteiger partial charge on any atom is 0.0882 e. The van der Waals surface area contributed by atoms with Crippen molar-refractivity contribution in [3.63, 3.8) is 0 Å². The van der Waals surface area contributed by atoms with Crippen molar-refractivity contribution in [2.24, 2.45) is 7.05 Å². The number of rotatable bonds is 0. The first-order chi connectivity index (χ1) is 4.13. The zero-order valence-electron chi connectivity index (χ0n) is 5.28. The fourth-order valence-electron chi connectivity index (χ4n) is 0.693. The Morgan fingerprint density at radius 3 is 2.11 bits per heavy atom. The maximum absolute atomic E-state index is 3.43. The van der Waals surface area contributed by atoms with Crippen LogP contribution in [0.4, 0.5) is 0 Å². The lowest BCUT2D eigenvalue weighted by molar-refractivity contribution is 0.873. The molecule has 1 nitrogen and oxygen atoms in total. The zero-order valence-corrected chi connectivity index (χ0v) is 8.45. The van der Waals surface area contributed by atoms with Crippen molar-refractivity contribution in [2.45, 2.75) is 6.92 Å². The summed E-state index contributed by atoms with van der Waals surface area (Å²) in [5.74, 6) is 0. The van der Waals surface area contributed by atoms with Gasteiger partial charge in [0.25, 0.3) is 0 Å². The minimum absolute atomic E-state index is 1.10. The van der Waals surface area contributed by atoms with Crippen LogP contribution in [0.25, 0.3) is 0 Å². The fraction of sp³-hybridized carbons (Fsp3) is 0.333. The molecule has 0 aliphatic carbocycles. The second-order valence-corrected chi connectivity index (χ2v) is 3.56. The van der Waals surface area contributed by atoms with E-state index in [9.17, 15) is 0 Å². The van der Waals surface area contributed by atoms with E-state index in [2.05, 4.69) is 44.8 Å². The Bertz CT molecular complexity index is 205. The molecular weight excluding hydrogens is 246 g/mol. The summed E-state index contributed by atoms with van der Waals surface area (Å²) >= 11 is 6.83. The molecule has 0 bridgehead atoms. The van der Waals surface area contributed by atoms with Gasteiger partial charge in [0.15, 0.2) is 0 Å². The number of aromatic nitrogens is 1. The van der Waals surface area contributed by atoms with Crippen molar-refractivity contribution in [3.05, 3.63) is 20.8 Å². The SMILES string of the molecule is Cc1cc(Br)n(C)c1Br. The van der Waals surface area contributed by atoms with Gasteiger partial charge in [0, 0.05) is 7.05 Å². The Morgan fingerprint density at radius 1 is 1.44 bits per heavy atom. The van der Waals surface area contributed by atoms with Crippen molar-refractivity contribution < 1.29 is 0 Å². The molecule has 3 heteroatoms. The van der Waals surface area contributed by atoms with Crippen LogP contribution in [0, 0.1) is 6.92 Å². The van der Waals surface area contributed by atoms with Gasteiger partial charge in [-0.1, -0.05) is 0 Å². The Kier molecular flexibility index (Phi) is 2.01. The molecule has 0 radical (unpaired) electrons. The first kappa shape index (κ1) is 7.35.